The van der Waals surface area contributed by atoms with Gasteiger partial charge in [-0.25, -0.2) is 0 Å². The second kappa shape index (κ2) is 11.7. The predicted molar refractivity (Wildman–Crippen MR) is 100 cm³/mol. The number of benzene rings is 1. The van der Waals surface area contributed by atoms with Crippen LogP contribution in [-0.4, -0.2) is 58.6 Å². The number of hydrogen-bond donors (Lipinski definition) is 2. The Labute approximate surface area is 151 Å². The van der Waals surface area contributed by atoms with Crippen LogP contribution in [0.25, 0.3) is 0 Å². The topological polar surface area (TPSA) is 64.1 Å². The van der Waals surface area contributed by atoms with Crippen LogP contribution in [0.4, 0.5) is 0 Å². The monoisotopic (exact) mass is 349 g/mol. The summed E-state index contributed by atoms with van der Waals surface area (Å²) in [7, 11) is 1.68. The van der Waals surface area contributed by atoms with E-state index in [9.17, 15) is 0 Å². The fourth-order valence-corrected chi connectivity index (χ4v) is 2.61. The normalized spacial score (nSPS) is 17.5. The van der Waals surface area contributed by atoms with Gasteiger partial charge in [0.05, 0.1) is 19.8 Å². The molecule has 0 radical (unpaired) electrons. The first-order chi connectivity index (χ1) is 12.3. The highest BCUT2D eigenvalue weighted by Gasteiger charge is 2.15. The van der Waals surface area contributed by atoms with Crippen molar-refractivity contribution in [2.24, 2.45) is 4.99 Å². The van der Waals surface area contributed by atoms with Gasteiger partial charge in [0.2, 0.25) is 0 Å². The molecular weight excluding hydrogens is 318 g/mol. The number of ether oxygens (including phenoxy) is 3. The summed E-state index contributed by atoms with van der Waals surface area (Å²) in [5.74, 6) is 1.75. The maximum atomic E-state index is 5.76. The van der Waals surface area contributed by atoms with Crippen molar-refractivity contribution in [1.29, 1.82) is 0 Å². The average Bonchev–Trinajstić information content (AvgIpc) is 3.15. The zero-order valence-electron chi connectivity index (χ0n) is 15.4. The third-order valence-electron chi connectivity index (χ3n) is 4.02. The molecule has 25 heavy (non-hydrogen) atoms. The van der Waals surface area contributed by atoms with Crippen molar-refractivity contribution >= 4 is 5.96 Å². The minimum absolute atomic E-state index is 0.278. The van der Waals surface area contributed by atoms with E-state index in [1.165, 1.54) is 5.56 Å². The van der Waals surface area contributed by atoms with Crippen molar-refractivity contribution in [3.8, 4) is 5.75 Å². The van der Waals surface area contributed by atoms with E-state index in [4.69, 9.17) is 14.2 Å². The second-order valence-corrected chi connectivity index (χ2v) is 6.00. The van der Waals surface area contributed by atoms with Gasteiger partial charge in [-0.1, -0.05) is 12.1 Å². The van der Waals surface area contributed by atoms with Crippen LogP contribution in [0, 0.1) is 0 Å². The van der Waals surface area contributed by atoms with Crippen molar-refractivity contribution in [2.75, 3.05) is 46.6 Å². The quantitative estimate of drug-likeness (QED) is 0.384. The molecular formula is C19H31N3O3. The largest absolute Gasteiger partial charge is 0.497 e. The molecule has 140 valence electrons. The molecule has 1 aliphatic rings. The summed E-state index contributed by atoms with van der Waals surface area (Å²) in [6.07, 6.45) is 3.16. The summed E-state index contributed by atoms with van der Waals surface area (Å²) >= 11 is 0. The number of nitrogens with zero attached hydrogens (tertiary/aromatic N) is 1. The second-order valence-electron chi connectivity index (χ2n) is 6.00. The summed E-state index contributed by atoms with van der Waals surface area (Å²) in [6, 6.07) is 8.16. The van der Waals surface area contributed by atoms with Gasteiger partial charge in [0.15, 0.2) is 5.96 Å². The zero-order chi connectivity index (χ0) is 17.7. The van der Waals surface area contributed by atoms with Gasteiger partial charge in [-0.15, -0.1) is 0 Å². The Hall–Kier alpha value is -1.79. The average molecular weight is 349 g/mol. The molecule has 6 heteroatoms. The Balaban J connectivity index is 1.63. The van der Waals surface area contributed by atoms with E-state index in [1.807, 2.05) is 12.1 Å². The van der Waals surface area contributed by atoms with Crippen molar-refractivity contribution < 1.29 is 14.2 Å². The molecule has 1 aromatic rings. The first kappa shape index (κ1) is 19.5. The number of hydrogen-bond acceptors (Lipinski definition) is 4. The molecule has 0 aromatic heterocycles. The van der Waals surface area contributed by atoms with E-state index in [-0.39, 0.29) is 6.10 Å². The van der Waals surface area contributed by atoms with E-state index in [1.54, 1.807) is 7.11 Å². The minimum atomic E-state index is 0.278. The number of rotatable bonds is 10. The lowest BCUT2D eigenvalue weighted by Gasteiger charge is -2.12. The Morgan fingerprint density at radius 1 is 1.28 bits per heavy atom. The van der Waals surface area contributed by atoms with Gasteiger partial charge < -0.3 is 24.8 Å². The summed E-state index contributed by atoms with van der Waals surface area (Å²) in [5.41, 5.74) is 1.27. The van der Waals surface area contributed by atoms with Gasteiger partial charge in [0.25, 0.3) is 0 Å². The standard InChI is InChI=1S/C19H31N3O3/c1-3-20-19(21-11-4-13-25-18-10-14-24-15-18)22-12-9-16-5-7-17(23-2)8-6-16/h5-8,18H,3-4,9-15H2,1-2H3,(H2,20,21,22). The van der Waals surface area contributed by atoms with E-state index < -0.39 is 0 Å². The van der Waals surface area contributed by atoms with Crippen LogP contribution in [0.2, 0.25) is 0 Å². The summed E-state index contributed by atoms with van der Waals surface area (Å²) < 4.78 is 16.2. The maximum Gasteiger partial charge on any atom is 0.191 e. The molecule has 0 spiro atoms. The first-order valence-electron chi connectivity index (χ1n) is 9.16. The third kappa shape index (κ3) is 7.75. The fraction of sp³-hybridized carbons (Fsp3) is 0.632. The smallest absolute Gasteiger partial charge is 0.191 e. The zero-order valence-corrected chi connectivity index (χ0v) is 15.4. The molecule has 0 saturated carbocycles. The molecule has 1 unspecified atom stereocenters. The van der Waals surface area contributed by atoms with E-state index in [2.05, 4.69) is 34.7 Å². The molecule has 1 atom stereocenters. The molecule has 0 amide bonds. The summed E-state index contributed by atoms with van der Waals surface area (Å²) in [5, 5.41) is 6.65. The van der Waals surface area contributed by atoms with Gasteiger partial charge >= 0.3 is 0 Å². The Bertz CT molecular complexity index is 499. The van der Waals surface area contributed by atoms with Crippen molar-refractivity contribution in [1.82, 2.24) is 10.6 Å². The van der Waals surface area contributed by atoms with Gasteiger partial charge in [-0.3, -0.25) is 4.99 Å². The Morgan fingerprint density at radius 2 is 2.12 bits per heavy atom. The molecule has 0 aliphatic carbocycles. The summed E-state index contributed by atoms with van der Waals surface area (Å²) in [4.78, 5) is 4.60. The van der Waals surface area contributed by atoms with Gasteiger partial charge in [-0.05, 0) is 43.9 Å². The van der Waals surface area contributed by atoms with E-state index >= 15 is 0 Å². The van der Waals surface area contributed by atoms with Crippen LogP contribution >= 0.6 is 0 Å². The van der Waals surface area contributed by atoms with E-state index in [0.29, 0.717) is 0 Å². The summed E-state index contributed by atoms with van der Waals surface area (Å²) in [6.45, 7) is 6.82. The highest BCUT2D eigenvalue weighted by Crippen LogP contribution is 2.11. The van der Waals surface area contributed by atoms with Crippen LogP contribution in [0.15, 0.2) is 29.3 Å². The van der Waals surface area contributed by atoms with Crippen molar-refractivity contribution in [3.63, 3.8) is 0 Å². The van der Waals surface area contributed by atoms with Crippen LogP contribution in [-0.2, 0) is 15.9 Å². The number of guanidine groups is 1. The number of nitrogens with one attached hydrogen (secondary N) is 2. The third-order valence-corrected chi connectivity index (χ3v) is 4.02. The SMILES string of the molecule is CCNC(=NCCCOC1CCOC1)NCCc1ccc(OC)cc1. The van der Waals surface area contributed by atoms with Gasteiger partial charge in [0.1, 0.15) is 5.75 Å². The van der Waals surface area contributed by atoms with Crippen LogP contribution in [0.1, 0.15) is 25.3 Å². The lowest BCUT2D eigenvalue weighted by Crippen LogP contribution is -2.38. The van der Waals surface area contributed by atoms with Crippen LogP contribution in [0.5, 0.6) is 5.75 Å². The molecule has 2 rings (SSSR count). The van der Waals surface area contributed by atoms with E-state index in [0.717, 1.165) is 70.4 Å². The predicted octanol–water partition coefficient (Wildman–Crippen LogP) is 1.99. The van der Waals surface area contributed by atoms with Crippen molar-refractivity contribution in [2.45, 2.75) is 32.3 Å². The first-order valence-corrected chi connectivity index (χ1v) is 9.16. The molecule has 0 bridgehead atoms. The van der Waals surface area contributed by atoms with Crippen LogP contribution < -0.4 is 15.4 Å². The molecule has 1 heterocycles. The number of aliphatic imine (C=N–C) groups is 1. The van der Waals surface area contributed by atoms with Gasteiger partial charge in [0, 0.05) is 32.8 Å². The molecule has 1 saturated heterocycles. The van der Waals surface area contributed by atoms with Crippen molar-refractivity contribution in [3.05, 3.63) is 29.8 Å². The number of methoxy groups -OCH3 is 1. The lowest BCUT2D eigenvalue weighted by molar-refractivity contribution is 0.0424. The molecule has 2 N–H and O–H groups in total. The minimum Gasteiger partial charge on any atom is -0.497 e. The molecule has 1 fully saturated rings. The molecule has 6 nitrogen and oxygen atoms in total. The Morgan fingerprint density at radius 3 is 2.80 bits per heavy atom. The highest BCUT2D eigenvalue weighted by atomic mass is 16.5. The maximum absolute atomic E-state index is 5.76. The highest BCUT2D eigenvalue weighted by molar-refractivity contribution is 5.79. The lowest BCUT2D eigenvalue weighted by atomic mass is 10.1. The molecule has 1 aliphatic heterocycles. The molecule has 1 aromatic carbocycles. The van der Waals surface area contributed by atoms with Gasteiger partial charge in [-0.2, -0.15) is 0 Å². The van der Waals surface area contributed by atoms with Crippen LogP contribution in [0.3, 0.4) is 0 Å². The Kier molecular flexibility index (Phi) is 9.15. The fourth-order valence-electron chi connectivity index (χ4n) is 2.61.